The topological polar surface area (TPSA) is 64.8 Å². The fraction of sp³-hybridized carbons (Fsp3) is 0.400. The molecule has 138 valence electrons. The zero-order valence-electron chi connectivity index (χ0n) is 15.3. The Kier molecular flexibility index (Phi) is 5.73. The van der Waals surface area contributed by atoms with Crippen molar-refractivity contribution in [3.05, 3.63) is 53.9 Å². The molecule has 2 atom stereocenters. The fourth-order valence-electron chi connectivity index (χ4n) is 3.63. The molecular weight excluding hydrogens is 330 g/mol. The number of hydrogen-bond acceptors (Lipinski definition) is 3. The van der Waals surface area contributed by atoms with Crippen molar-refractivity contribution in [3.8, 4) is 0 Å². The normalized spacial score (nSPS) is 19.3. The molecule has 0 radical (unpaired) electrons. The van der Waals surface area contributed by atoms with Crippen molar-refractivity contribution in [2.75, 3.05) is 25.0 Å². The number of quaternary nitrogens is 1. The lowest BCUT2D eigenvalue weighted by atomic mass is 10.1. The number of benzene rings is 1. The van der Waals surface area contributed by atoms with Crippen molar-refractivity contribution in [1.82, 2.24) is 4.57 Å². The van der Waals surface area contributed by atoms with Crippen LogP contribution in [-0.4, -0.2) is 36.1 Å². The highest BCUT2D eigenvalue weighted by molar-refractivity contribution is 5.93. The maximum Gasteiger partial charge on any atom is 0.338 e. The van der Waals surface area contributed by atoms with E-state index in [4.69, 9.17) is 4.74 Å². The van der Waals surface area contributed by atoms with Crippen molar-refractivity contribution in [2.24, 2.45) is 7.05 Å². The lowest BCUT2D eigenvalue weighted by molar-refractivity contribution is -0.910. The van der Waals surface area contributed by atoms with Gasteiger partial charge in [0.05, 0.1) is 24.4 Å². The van der Waals surface area contributed by atoms with Crippen LogP contribution in [0.2, 0.25) is 0 Å². The highest BCUT2D eigenvalue weighted by Gasteiger charge is 2.32. The monoisotopic (exact) mass is 356 g/mol. The molecule has 1 saturated heterocycles. The zero-order chi connectivity index (χ0) is 18.5. The Morgan fingerprint density at radius 1 is 1.27 bits per heavy atom. The number of nitrogens with one attached hydrogen (secondary N) is 2. The number of aryl methyl sites for hydroxylation is 1. The first-order chi connectivity index (χ1) is 12.6. The van der Waals surface area contributed by atoms with Gasteiger partial charge in [0.2, 0.25) is 0 Å². The van der Waals surface area contributed by atoms with Crippen molar-refractivity contribution in [3.63, 3.8) is 0 Å². The standard InChI is InChI=1S/C20H25N3O3/c1-3-26-20(25)15-8-10-16(11-9-15)21-19(24)14-23-13-5-7-18(23)17-6-4-12-22(17)2/h4,6,8-12,18H,3,5,7,13-14H2,1-2H3,(H,21,24)/p+1/t18-/m1/s1. The van der Waals surface area contributed by atoms with Crippen LogP contribution in [0.15, 0.2) is 42.6 Å². The first kappa shape index (κ1) is 18.2. The number of rotatable bonds is 6. The third-order valence-corrected chi connectivity index (χ3v) is 4.89. The van der Waals surface area contributed by atoms with Gasteiger partial charge in [-0.05, 0) is 43.3 Å². The summed E-state index contributed by atoms with van der Waals surface area (Å²) in [5.74, 6) is -0.359. The maximum atomic E-state index is 12.5. The van der Waals surface area contributed by atoms with Gasteiger partial charge in [-0.25, -0.2) is 4.79 Å². The van der Waals surface area contributed by atoms with Crippen molar-refractivity contribution in [2.45, 2.75) is 25.8 Å². The summed E-state index contributed by atoms with van der Waals surface area (Å²) in [6, 6.07) is 11.4. The number of likely N-dealkylation sites (tertiary alicyclic amines) is 1. The summed E-state index contributed by atoms with van der Waals surface area (Å²) in [7, 11) is 2.05. The van der Waals surface area contributed by atoms with Gasteiger partial charge >= 0.3 is 5.97 Å². The maximum absolute atomic E-state index is 12.5. The lowest BCUT2D eigenvalue weighted by Gasteiger charge is -2.21. The molecule has 2 heterocycles. The smallest absolute Gasteiger partial charge is 0.338 e. The van der Waals surface area contributed by atoms with Crippen molar-refractivity contribution < 1.29 is 19.2 Å². The second-order valence-electron chi connectivity index (χ2n) is 6.67. The molecule has 1 unspecified atom stereocenters. The van der Waals surface area contributed by atoms with Gasteiger partial charge in [0.25, 0.3) is 5.91 Å². The number of carbonyl (C=O) groups is 2. The van der Waals surface area contributed by atoms with E-state index in [0.717, 1.165) is 19.4 Å². The molecule has 1 aromatic heterocycles. The quantitative estimate of drug-likeness (QED) is 0.772. The van der Waals surface area contributed by atoms with E-state index in [1.54, 1.807) is 31.2 Å². The van der Waals surface area contributed by atoms with Gasteiger partial charge in [0, 0.05) is 31.8 Å². The average molecular weight is 356 g/mol. The summed E-state index contributed by atoms with van der Waals surface area (Å²) in [5.41, 5.74) is 2.46. The fourth-order valence-corrected chi connectivity index (χ4v) is 3.63. The minimum atomic E-state index is -0.350. The number of anilines is 1. The summed E-state index contributed by atoms with van der Waals surface area (Å²) in [5, 5.41) is 2.93. The summed E-state index contributed by atoms with van der Waals surface area (Å²) in [4.78, 5) is 25.4. The summed E-state index contributed by atoms with van der Waals surface area (Å²) in [6.07, 6.45) is 4.29. The number of amides is 1. The van der Waals surface area contributed by atoms with E-state index in [1.807, 2.05) is 0 Å². The highest BCUT2D eigenvalue weighted by Crippen LogP contribution is 2.19. The largest absolute Gasteiger partial charge is 0.462 e. The van der Waals surface area contributed by atoms with Gasteiger partial charge in [-0.3, -0.25) is 4.79 Å². The first-order valence-corrected chi connectivity index (χ1v) is 9.11. The van der Waals surface area contributed by atoms with Crippen LogP contribution in [0.3, 0.4) is 0 Å². The SMILES string of the molecule is CCOC(=O)c1ccc(NC(=O)C[NH+]2CCC[C@@H]2c2cccn2C)cc1. The molecule has 0 spiro atoms. The first-order valence-electron chi connectivity index (χ1n) is 9.11. The van der Waals surface area contributed by atoms with Crippen molar-refractivity contribution >= 4 is 17.6 Å². The molecule has 0 bridgehead atoms. The van der Waals surface area contributed by atoms with Crippen LogP contribution in [0, 0.1) is 0 Å². The molecule has 1 aliphatic rings. The molecule has 0 aliphatic carbocycles. The van der Waals surface area contributed by atoms with E-state index < -0.39 is 0 Å². The van der Waals surface area contributed by atoms with Gasteiger partial charge in [0.1, 0.15) is 6.04 Å². The molecule has 6 nitrogen and oxygen atoms in total. The number of carbonyl (C=O) groups excluding carboxylic acids is 2. The Balaban J connectivity index is 1.58. The van der Waals surface area contributed by atoms with Gasteiger partial charge < -0.3 is 19.5 Å². The molecule has 2 aromatic rings. The van der Waals surface area contributed by atoms with Gasteiger partial charge in [-0.1, -0.05) is 0 Å². The highest BCUT2D eigenvalue weighted by atomic mass is 16.5. The number of ether oxygens (including phenoxy) is 1. The molecule has 1 fully saturated rings. The minimum absolute atomic E-state index is 0.00926. The van der Waals surface area contributed by atoms with Crippen LogP contribution in [0.1, 0.15) is 41.9 Å². The number of hydrogen-bond donors (Lipinski definition) is 2. The molecule has 3 rings (SSSR count). The summed E-state index contributed by atoms with van der Waals surface area (Å²) >= 11 is 0. The van der Waals surface area contributed by atoms with Crippen LogP contribution in [0.5, 0.6) is 0 Å². The third-order valence-electron chi connectivity index (χ3n) is 4.89. The van der Waals surface area contributed by atoms with E-state index >= 15 is 0 Å². The minimum Gasteiger partial charge on any atom is -0.462 e. The predicted octanol–water partition coefficient (Wildman–Crippen LogP) is 1.56. The average Bonchev–Trinajstić information content (AvgIpc) is 3.24. The van der Waals surface area contributed by atoms with Crippen molar-refractivity contribution in [1.29, 1.82) is 0 Å². The zero-order valence-corrected chi connectivity index (χ0v) is 15.3. The molecular formula is C20H26N3O3+. The Bertz CT molecular complexity index is 767. The van der Waals surface area contributed by atoms with Crippen LogP contribution in [-0.2, 0) is 16.6 Å². The molecule has 6 heteroatoms. The molecule has 1 aromatic carbocycles. The molecule has 1 aliphatic heterocycles. The van der Waals surface area contributed by atoms with Gasteiger partial charge in [0.15, 0.2) is 6.54 Å². The van der Waals surface area contributed by atoms with Gasteiger partial charge in [-0.2, -0.15) is 0 Å². The van der Waals surface area contributed by atoms with E-state index in [0.29, 0.717) is 30.4 Å². The number of esters is 1. The predicted molar refractivity (Wildman–Crippen MR) is 99.1 cm³/mol. The second kappa shape index (κ2) is 8.19. The van der Waals surface area contributed by atoms with E-state index in [1.165, 1.54) is 10.6 Å². The Labute approximate surface area is 153 Å². The second-order valence-corrected chi connectivity index (χ2v) is 6.67. The molecule has 26 heavy (non-hydrogen) atoms. The lowest BCUT2D eigenvalue weighted by Crippen LogP contribution is -3.11. The Morgan fingerprint density at radius 2 is 2.04 bits per heavy atom. The molecule has 0 saturated carbocycles. The Hall–Kier alpha value is -2.60. The number of nitrogens with zero attached hydrogens (tertiary/aromatic N) is 1. The summed E-state index contributed by atoms with van der Waals surface area (Å²) in [6.45, 7) is 3.56. The van der Waals surface area contributed by atoms with Crippen LogP contribution >= 0.6 is 0 Å². The van der Waals surface area contributed by atoms with E-state index in [2.05, 4.69) is 35.3 Å². The van der Waals surface area contributed by atoms with E-state index in [-0.39, 0.29) is 11.9 Å². The molecule has 1 amide bonds. The van der Waals surface area contributed by atoms with Crippen LogP contribution in [0.4, 0.5) is 5.69 Å². The van der Waals surface area contributed by atoms with Crippen LogP contribution < -0.4 is 10.2 Å². The number of aromatic nitrogens is 1. The van der Waals surface area contributed by atoms with Gasteiger partial charge in [-0.15, -0.1) is 0 Å². The summed E-state index contributed by atoms with van der Waals surface area (Å²) < 4.78 is 7.10. The Morgan fingerprint density at radius 3 is 2.69 bits per heavy atom. The van der Waals surface area contributed by atoms with E-state index in [9.17, 15) is 9.59 Å². The molecule has 2 N–H and O–H groups in total. The third kappa shape index (κ3) is 4.14. The van der Waals surface area contributed by atoms with Crippen LogP contribution in [0.25, 0.3) is 0 Å².